The summed E-state index contributed by atoms with van der Waals surface area (Å²) in [4.78, 5) is 13.3. The molecule has 0 bridgehead atoms. The van der Waals surface area contributed by atoms with Crippen molar-refractivity contribution in [3.63, 3.8) is 0 Å². The highest BCUT2D eigenvalue weighted by molar-refractivity contribution is 7.98. The Balaban J connectivity index is 2.16. The van der Waals surface area contributed by atoms with E-state index in [1.807, 2.05) is 13.0 Å². The van der Waals surface area contributed by atoms with Crippen LogP contribution in [0.15, 0.2) is 41.3 Å². The first-order chi connectivity index (χ1) is 10.2. The Labute approximate surface area is 130 Å². The predicted octanol–water partition coefficient (Wildman–Crippen LogP) is 5.01. The van der Waals surface area contributed by atoms with E-state index >= 15 is 0 Å². The molecular weight excluding hydrogens is 280 g/mol. The maximum Gasteiger partial charge on any atom is 0.313 e. The van der Waals surface area contributed by atoms with Crippen molar-refractivity contribution >= 4 is 28.5 Å². The maximum atomic E-state index is 12.0. The standard InChI is InChI=1S/C18H22O2S/c1-4-5-10-20-18(19)13(2)14-6-7-16-12-17(21-3)9-8-15(16)11-14/h6-9,11-13H,4-5,10H2,1-3H3. The van der Waals surface area contributed by atoms with Crippen LogP contribution in [0, 0.1) is 0 Å². The molecule has 0 heterocycles. The van der Waals surface area contributed by atoms with Crippen molar-refractivity contribution in [1.82, 2.24) is 0 Å². The fourth-order valence-electron chi connectivity index (χ4n) is 2.22. The van der Waals surface area contributed by atoms with Crippen molar-refractivity contribution in [3.8, 4) is 0 Å². The summed E-state index contributed by atoms with van der Waals surface area (Å²) in [6.07, 6.45) is 4.03. The number of hydrogen-bond donors (Lipinski definition) is 0. The third-order valence-corrected chi connectivity index (χ3v) is 4.39. The second-order valence-corrected chi connectivity index (χ2v) is 6.09. The van der Waals surface area contributed by atoms with Crippen LogP contribution in [0.4, 0.5) is 0 Å². The molecule has 0 aliphatic heterocycles. The largest absolute Gasteiger partial charge is 0.465 e. The normalized spacial score (nSPS) is 12.3. The van der Waals surface area contributed by atoms with Crippen LogP contribution in [0.3, 0.4) is 0 Å². The van der Waals surface area contributed by atoms with Gasteiger partial charge in [-0.25, -0.2) is 0 Å². The zero-order chi connectivity index (χ0) is 15.2. The topological polar surface area (TPSA) is 26.3 Å². The average molecular weight is 302 g/mol. The molecule has 2 nitrogen and oxygen atoms in total. The second kappa shape index (κ2) is 7.51. The lowest BCUT2D eigenvalue weighted by Gasteiger charge is -2.12. The first-order valence-electron chi connectivity index (χ1n) is 7.40. The molecule has 1 atom stereocenters. The van der Waals surface area contributed by atoms with E-state index in [4.69, 9.17) is 4.74 Å². The van der Waals surface area contributed by atoms with Crippen LogP contribution >= 0.6 is 11.8 Å². The molecule has 0 N–H and O–H groups in total. The summed E-state index contributed by atoms with van der Waals surface area (Å²) in [5.41, 5.74) is 1.01. The molecule has 3 heteroatoms. The van der Waals surface area contributed by atoms with Crippen molar-refractivity contribution in [2.45, 2.75) is 37.5 Å². The molecule has 0 aliphatic rings. The van der Waals surface area contributed by atoms with Crippen LogP contribution in [0.5, 0.6) is 0 Å². The number of benzene rings is 2. The molecule has 0 saturated carbocycles. The average Bonchev–Trinajstić information content (AvgIpc) is 2.53. The fraction of sp³-hybridized carbons (Fsp3) is 0.389. The van der Waals surface area contributed by atoms with Crippen LogP contribution in [0.1, 0.15) is 38.2 Å². The quantitative estimate of drug-likeness (QED) is 0.426. The summed E-state index contributed by atoms with van der Waals surface area (Å²) in [5.74, 6) is -0.352. The summed E-state index contributed by atoms with van der Waals surface area (Å²) in [6, 6.07) is 12.6. The first kappa shape index (κ1) is 15.9. The predicted molar refractivity (Wildman–Crippen MR) is 90.0 cm³/mol. The summed E-state index contributed by atoms with van der Waals surface area (Å²) in [7, 11) is 0. The van der Waals surface area contributed by atoms with E-state index in [1.54, 1.807) is 11.8 Å². The van der Waals surface area contributed by atoms with Crippen LogP contribution in [-0.4, -0.2) is 18.8 Å². The van der Waals surface area contributed by atoms with Crippen molar-refractivity contribution < 1.29 is 9.53 Å². The van der Waals surface area contributed by atoms with Crippen LogP contribution in [-0.2, 0) is 9.53 Å². The molecule has 0 fully saturated rings. The lowest BCUT2D eigenvalue weighted by molar-refractivity contribution is -0.145. The van der Waals surface area contributed by atoms with Crippen molar-refractivity contribution in [2.24, 2.45) is 0 Å². The Morgan fingerprint density at radius 1 is 1.19 bits per heavy atom. The van der Waals surface area contributed by atoms with E-state index in [0.717, 1.165) is 18.4 Å². The van der Waals surface area contributed by atoms with Gasteiger partial charge < -0.3 is 4.74 Å². The van der Waals surface area contributed by atoms with Crippen molar-refractivity contribution in [3.05, 3.63) is 42.0 Å². The van der Waals surface area contributed by atoms with E-state index in [2.05, 4.69) is 43.5 Å². The van der Waals surface area contributed by atoms with Crippen molar-refractivity contribution in [2.75, 3.05) is 12.9 Å². The van der Waals surface area contributed by atoms with Gasteiger partial charge in [0.05, 0.1) is 12.5 Å². The molecular formula is C18H22O2S. The zero-order valence-corrected chi connectivity index (χ0v) is 13.7. The molecule has 112 valence electrons. The van der Waals surface area contributed by atoms with Gasteiger partial charge in [-0.05, 0) is 48.1 Å². The molecule has 0 radical (unpaired) electrons. The van der Waals surface area contributed by atoms with Gasteiger partial charge in [-0.2, -0.15) is 0 Å². The summed E-state index contributed by atoms with van der Waals surface area (Å²) >= 11 is 1.74. The lowest BCUT2D eigenvalue weighted by Crippen LogP contribution is -2.13. The van der Waals surface area contributed by atoms with E-state index in [0.29, 0.717) is 6.61 Å². The highest BCUT2D eigenvalue weighted by Gasteiger charge is 2.16. The third kappa shape index (κ3) is 4.01. The van der Waals surface area contributed by atoms with Crippen molar-refractivity contribution in [1.29, 1.82) is 0 Å². The highest BCUT2D eigenvalue weighted by Crippen LogP contribution is 2.26. The molecule has 1 unspecified atom stereocenters. The number of carbonyl (C=O) groups excluding carboxylic acids is 1. The summed E-state index contributed by atoms with van der Waals surface area (Å²) < 4.78 is 5.30. The first-order valence-corrected chi connectivity index (χ1v) is 8.62. The fourth-order valence-corrected chi connectivity index (χ4v) is 2.67. The minimum atomic E-state index is -0.216. The van der Waals surface area contributed by atoms with E-state index in [-0.39, 0.29) is 11.9 Å². The Kier molecular flexibility index (Phi) is 5.68. The Bertz CT molecular complexity index is 622. The van der Waals surface area contributed by atoms with E-state index in [9.17, 15) is 4.79 Å². The van der Waals surface area contributed by atoms with Crippen LogP contribution in [0.2, 0.25) is 0 Å². The lowest BCUT2D eigenvalue weighted by atomic mass is 9.98. The van der Waals surface area contributed by atoms with Gasteiger partial charge in [0.2, 0.25) is 0 Å². The second-order valence-electron chi connectivity index (χ2n) is 5.22. The SMILES string of the molecule is CCCCOC(=O)C(C)c1ccc2cc(SC)ccc2c1. The van der Waals surface area contributed by atoms with E-state index < -0.39 is 0 Å². The number of unbranched alkanes of at least 4 members (excludes halogenated alkanes) is 1. The molecule has 0 saturated heterocycles. The minimum Gasteiger partial charge on any atom is -0.465 e. The number of thioether (sulfide) groups is 1. The summed E-state index contributed by atoms with van der Waals surface area (Å²) in [5, 5.41) is 2.37. The molecule has 0 amide bonds. The van der Waals surface area contributed by atoms with Gasteiger partial charge in [0.25, 0.3) is 0 Å². The number of fused-ring (bicyclic) bond motifs is 1. The Morgan fingerprint density at radius 2 is 1.90 bits per heavy atom. The van der Waals surface area contributed by atoms with Gasteiger partial charge in [-0.1, -0.05) is 37.6 Å². The van der Waals surface area contributed by atoms with Gasteiger partial charge in [0, 0.05) is 4.90 Å². The van der Waals surface area contributed by atoms with Gasteiger partial charge in [-0.3, -0.25) is 4.79 Å². The molecule has 0 aromatic heterocycles. The molecule has 2 aromatic carbocycles. The number of hydrogen-bond acceptors (Lipinski definition) is 3. The van der Waals surface area contributed by atoms with Gasteiger partial charge in [0.15, 0.2) is 0 Å². The number of carbonyl (C=O) groups is 1. The van der Waals surface area contributed by atoms with E-state index in [1.165, 1.54) is 15.7 Å². The molecule has 0 aliphatic carbocycles. The molecule has 21 heavy (non-hydrogen) atoms. The minimum absolute atomic E-state index is 0.136. The number of ether oxygens (including phenoxy) is 1. The maximum absolute atomic E-state index is 12.0. The molecule has 2 rings (SSSR count). The highest BCUT2D eigenvalue weighted by atomic mass is 32.2. The molecule has 2 aromatic rings. The summed E-state index contributed by atoms with van der Waals surface area (Å²) in [6.45, 7) is 4.51. The van der Waals surface area contributed by atoms with Gasteiger partial charge >= 0.3 is 5.97 Å². The molecule has 0 spiro atoms. The Morgan fingerprint density at radius 3 is 2.62 bits per heavy atom. The third-order valence-electron chi connectivity index (χ3n) is 3.67. The smallest absolute Gasteiger partial charge is 0.313 e. The Hall–Kier alpha value is -1.48. The van der Waals surface area contributed by atoms with Crippen LogP contribution < -0.4 is 0 Å². The van der Waals surface area contributed by atoms with Gasteiger partial charge in [0.1, 0.15) is 0 Å². The monoisotopic (exact) mass is 302 g/mol. The zero-order valence-electron chi connectivity index (χ0n) is 12.9. The van der Waals surface area contributed by atoms with Gasteiger partial charge in [-0.15, -0.1) is 11.8 Å². The number of esters is 1. The van der Waals surface area contributed by atoms with Crippen LogP contribution in [0.25, 0.3) is 10.8 Å². The number of rotatable bonds is 6.